The van der Waals surface area contributed by atoms with Gasteiger partial charge in [-0.15, -0.1) is 0 Å². The molecule has 8 nitrogen and oxygen atoms in total. The largest absolute Gasteiger partial charge is 0.490 e. The van der Waals surface area contributed by atoms with Crippen molar-refractivity contribution in [3.8, 4) is 5.75 Å². The van der Waals surface area contributed by atoms with E-state index in [-0.39, 0.29) is 18.1 Å². The van der Waals surface area contributed by atoms with Crippen LogP contribution < -0.4 is 15.6 Å². The van der Waals surface area contributed by atoms with Crippen LogP contribution in [0.2, 0.25) is 0 Å². The Labute approximate surface area is 143 Å². The number of nitrogens with zero attached hydrogens (tertiary/aromatic N) is 1. The first kappa shape index (κ1) is 16.7. The maximum atomic E-state index is 11.9. The molecule has 1 N–H and O–H groups in total. The molecule has 8 heteroatoms. The second kappa shape index (κ2) is 7.63. The Hall–Kier alpha value is -3.13. The minimum Gasteiger partial charge on any atom is -0.490 e. The van der Waals surface area contributed by atoms with E-state index >= 15 is 0 Å². The number of rotatable bonds is 5. The van der Waals surface area contributed by atoms with E-state index in [9.17, 15) is 9.59 Å². The average Bonchev–Trinajstić information content (AvgIpc) is 2.67. The fourth-order valence-electron chi connectivity index (χ4n) is 2.13. The van der Waals surface area contributed by atoms with Crippen LogP contribution in [0.1, 0.15) is 16.1 Å². The topological polar surface area (TPSA) is 99.4 Å². The van der Waals surface area contributed by atoms with E-state index in [1.54, 1.807) is 0 Å². The maximum Gasteiger partial charge on any atom is 0.374 e. The molecule has 1 aromatic heterocycles. The van der Waals surface area contributed by atoms with Crippen LogP contribution in [-0.4, -0.2) is 38.2 Å². The molecule has 1 atom stereocenters. The number of nitrogens with one attached hydrogen (secondary N) is 1. The molecule has 1 aliphatic rings. The molecule has 3 rings (SSSR count). The number of hydrogen-bond donors (Lipinski definition) is 1. The van der Waals surface area contributed by atoms with Crippen LogP contribution in [0.15, 0.2) is 56.9 Å². The lowest BCUT2D eigenvalue weighted by Gasteiger charge is -2.22. The number of hydrogen-bond acceptors (Lipinski definition) is 8. The fraction of sp³-hybridized carbons (Fsp3) is 0.235. The molecular weight excluding hydrogens is 328 g/mol. The summed E-state index contributed by atoms with van der Waals surface area (Å²) in [7, 11) is 1.34. The van der Waals surface area contributed by atoms with Crippen LogP contribution in [0.5, 0.6) is 5.75 Å². The lowest BCUT2D eigenvalue weighted by molar-refractivity contribution is -0.0359. The van der Waals surface area contributed by atoms with Gasteiger partial charge in [-0.25, -0.2) is 10.3 Å². The third-order valence-corrected chi connectivity index (χ3v) is 3.44. The number of aliphatic imine (C=N–C) groups is 1. The SMILES string of the molecule is COc1coc(C(=O)OCC2CN=C(c3ccccc3)NO2)cc1=O. The number of ether oxygens (including phenoxy) is 2. The lowest BCUT2D eigenvalue weighted by atomic mass is 10.2. The zero-order valence-electron chi connectivity index (χ0n) is 13.4. The molecule has 0 fully saturated rings. The van der Waals surface area contributed by atoms with E-state index < -0.39 is 17.5 Å². The van der Waals surface area contributed by atoms with Gasteiger partial charge in [0.1, 0.15) is 19.0 Å². The normalized spacial score (nSPS) is 16.5. The van der Waals surface area contributed by atoms with Gasteiger partial charge in [-0.1, -0.05) is 30.3 Å². The number of amidine groups is 1. The van der Waals surface area contributed by atoms with E-state index in [4.69, 9.17) is 18.7 Å². The fourth-order valence-corrected chi connectivity index (χ4v) is 2.13. The van der Waals surface area contributed by atoms with Gasteiger partial charge in [0, 0.05) is 11.6 Å². The van der Waals surface area contributed by atoms with Crippen molar-refractivity contribution in [1.29, 1.82) is 0 Å². The van der Waals surface area contributed by atoms with Crippen molar-refractivity contribution in [2.24, 2.45) is 4.99 Å². The van der Waals surface area contributed by atoms with Gasteiger partial charge in [-0.05, 0) is 0 Å². The minimum atomic E-state index is -0.763. The molecule has 25 heavy (non-hydrogen) atoms. The Morgan fingerprint density at radius 2 is 2.16 bits per heavy atom. The Morgan fingerprint density at radius 1 is 1.36 bits per heavy atom. The smallest absolute Gasteiger partial charge is 0.374 e. The number of hydroxylamine groups is 1. The van der Waals surface area contributed by atoms with Crippen LogP contribution in [0.25, 0.3) is 0 Å². The lowest BCUT2D eigenvalue weighted by Crippen LogP contribution is -2.40. The predicted octanol–water partition coefficient (Wildman–Crippen LogP) is 1.16. The van der Waals surface area contributed by atoms with Crippen LogP contribution in [0, 0.1) is 0 Å². The summed E-state index contributed by atoms with van der Waals surface area (Å²) in [5.74, 6) is -0.340. The summed E-state index contributed by atoms with van der Waals surface area (Å²) in [6, 6.07) is 10.5. The van der Waals surface area contributed by atoms with Gasteiger partial charge in [-0.2, -0.15) is 0 Å². The Morgan fingerprint density at radius 3 is 2.80 bits per heavy atom. The second-order valence-electron chi connectivity index (χ2n) is 5.17. The second-order valence-corrected chi connectivity index (χ2v) is 5.17. The summed E-state index contributed by atoms with van der Waals surface area (Å²) in [4.78, 5) is 33.3. The van der Waals surface area contributed by atoms with Gasteiger partial charge in [0.2, 0.25) is 16.9 Å². The molecular formula is C17H16N2O6. The van der Waals surface area contributed by atoms with Crippen molar-refractivity contribution in [3.05, 3.63) is 64.2 Å². The minimum absolute atomic E-state index is 0.0131. The third kappa shape index (κ3) is 4.04. The molecule has 0 amide bonds. The highest BCUT2D eigenvalue weighted by atomic mass is 16.7. The van der Waals surface area contributed by atoms with Crippen LogP contribution in [0.4, 0.5) is 0 Å². The molecule has 0 radical (unpaired) electrons. The maximum absolute atomic E-state index is 11.9. The Balaban J connectivity index is 1.54. The van der Waals surface area contributed by atoms with Crippen molar-refractivity contribution in [1.82, 2.24) is 5.48 Å². The molecule has 2 heterocycles. The highest BCUT2D eigenvalue weighted by molar-refractivity contribution is 5.98. The summed E-state index contributed by atoms with van der Waals surface area (Å²) >= 11 is 0. The molecule has 1 aliphatic heterocycles. The van der Waals surface area contributed by atoms with E-state index in [2.05, 4.69) is 10.5 Å². The Kier molecular flexibility index (Phi) is 5.10. The van der Waals surface area contributed by atoms with Gasteiger partial charge in [0.05, 0.1) is 13.7 Å². The van der Waals surface area contributed by atoms with Crippen molar-refractivity contribution in [2.45, 2.75) is 6.10 Å². The van der Waals surface area contributed by atoms with Crippen molar-refractivity contribution < 1.29 is 23.5 Å². The van der Waals surface area contributed by atoms with E-state index in [0.29, 0.717) is 12.4 Å². The monoisotopic (exact) mass is 344 g/mol. The standard InChI is InChI=1S/C17H16N2O6/c1-22-15-10-23-14(7-13(15)20)17(21)24-9-12-8-18-16(19-25-12)11-5-3-2-4-6-11/h2-7,10,12H,8-9H2,1H3,(H,18,19). The molecule has 0 bridgehead atoms. The van der Waals surface area contributed by atoms with Gasteiger partial charge in [-0.3, -0.25) is 14.6 Å². The van der Waals surface area contributed by atoms with Gasteiger partial charge in [0.15, 0.2) is 5.84 Å². The number of methoxy groups -OCH3 is 1. The molecule has 0 spiro atoms. The average molecular weight is 344 g/mol. The van der Waals surface area contributed by atoms with Crippen LogP contribution in [0.3, 0.4) is 0 Å². The third-order valence-electron chi connectivity index (χ3n) is 3.44. The number of esters is 1. The molecule has 2 aromatic rings. The molecule has 130 valence electrons. The predicted molar refractivity (Wildman–Crippen MR) is 87.7 cm³/mol. The van der Waals surface area contributed by atoms with Gasteiger partial charge < -0.3 is 13.9 Å². The summed E-state index contributed by atoms with van der Waals surface area (Å²) in [5, 5.41) is 0. The van der Waals surface area contributed by atoms with E-state index in [0.717, 1.165) is 17.9 Å². The number of carbonyl (C=O) groups excluding carboxylic acids is 1. The van der Waals surface area contributed by atoms with Gasteiger partial charge >= 0.3 is 5.97 Å². The summed E-state index contributed by atoms with van der Waals surface area (Å²) < 4.78 is 14.9. The zero-order chi connectivity index (χ0) is 17.6. The first-order valence-corrected chi connectivity index (χ1v) is 7.53. The van der Waals surface area contributed by atoms with Crippen molar-refractivity contribution in [3.63, 3.8) is 0 Å². The van der Waals surface area contributed by atoms with Crippen LogP contribution >= 0.6 is 0 Å². The molecule has 0 saturated heterocycles. The Bertz CT molecular complexity index is 831. The first-order chi connectivity index (χ1) is 12.2. The molecule has 1 unspecified atom stereocenters. The number of carbonyl (C=O) groups is 1. The molecule has 0 aliphatic carbocycles. The van der Waals surface area contributed by atoms with Crippen LogP contribution in [-0.2, 0) is 9.57 Å². The highest BCUT2D eigenvalue weighted by Crippen LogP contribution is 2.09. The van der Waals surface area contributed by atoms with Crippen molar-refractivity contribution >= 4 is 11.8 Å². The van der Waals surface area contributed by atoms with E-state index in [1.165, 1.54) is 7.11 Å². The quantitative estimate of drug-likeness (QED) is 0.812. The zero-order valence-corrected chi connectivity index (χ0v) is 13.4. The summed E-state index contributed by atoms with van der Waals surface area (Å²) in [6.45, 7) is 0.296. The summed E-state index contributed by atoms with van der Waals surface area (Å²) in [5.41, 5.74) is 3.18. The van der Waals surface area contributed by atoms with Gasteiger partial charge in [0.25, 0.3) is 0 Å². The van der Waals surface area contributed by atoms with E-state index in [1.807, 2.05) is 30.3 Å². The molecule has 1 aromatic carbocycles. The number of benzene rings is 1. The first-order valence-electron chi connectivity index (χ1n) is 7.53. The highest BCUT2D eigenvalue weighted by Gasteiger charge is 2.20. The summed E-state index contributed by atoms with van der Waals surface area (Å²) in [6.07, 6.45) is 0.620. The van der Waals surface area contributed by atoms with Crippen molar-refractivity contribution in [2.75, 3.05) is 20.3 Å². The molecule has 0 saturated carbocycles.